The maximum Gasteiger partial charge on any atom is 0.261 e. The number of ether oxygens (including phenoxy) is 1. The number of hydrogen-bond donors (Lipinski definition) is 2. The fourth-order valence-corrected chi connectivity index (χ4v) is 3.62. The van der Waals surface area contributed by atoms with Crippen LogP contribution in [0.2, 0.25) is 0 Å². The second-order valence-corrected chi connectivity index (χ2v) is 6.49. The van der Waals surface area contributed by atoms with Gasteiger partial charge in [0.15, 0.2) is 5.13 Å². The lowest BCUT2D eigenvalue weighted by Gasteiger charge is -2.07. The van der Waals surface area contributed by atoms with Gasteiger partial charge in [-0.25, -0.2) is 4.98 Å². The zero-order chi connectivity index (χ0) is 17.4. The molecule has 0 bridgehead atoms. The highest BCUT2D eigenvalue weighted by Crippen LogP contribution is 2.33. The van der Waals surface area contributed by atoms with Crippen molar-refractivity contribution in [2.24, 2.45) is 0 Å². The van der Waals surface area contributed by atoms with Crippen molar-refractivity contribution >= 4 is 43.4 Å². The molecule has 4 rings (SSSR count). The first-order valence-corrected chi connectivity index (χ1v) is 8.44. The van der Waals surface area contributed by atoms with E-state index in [9.17, 15) is 9.90 Å². The molecule has 0 aliphatic heterocycles. The summed E-state index contributed by atoms with van der Waals surface area (Å²) in [6.07, 6.45) is 0. The Hall–Kier alpha value is -3.12. The molecule has 0 saturated heterocycles. The van der Waals surface area contributed by atoms with Crippen molar-refractivity contribution in [1.29, 1.82) is 0 Å². The van der Waals surface area contributed by atoms with Crippen LogP contribution in [0.15, 0.2) is 54.6 Å². The van der Waals surface area contributed by atoms with E-state index in [2.05, 4.69) is 10.3 Å². The maximum absolute atomic E-state index is 12.6. The molecule has 6 heteroatoms. The highest BCUT2D eigenvalue weighted by molar-refractivity contribution is 7.22. The number of nitrogens with zero attached hydrogens (tertiary/aromatic N) is 1. The average molecular weight is 350 g/mol. The maximum atomic E-state index is 12.6. The van der Waals surface area contributed by atoms with Gasteiger partial charge < -0.3 is 9.84 Å². The molecule has 1 heterocycles. The van der Waals surface area contributed by atoms with Gasteiger partial charge in [-0.1, -0.05) is 47.7 Å². The second kappa shape index (κ2) is 6.07. The van der Waals surface area contributed by atoms with Crippen LogP contribution in [0.3, 0.4) is 0 Å². The molecule has 0 atom stereocenters. The molecule has 2 N–H and O–H groups in total. The number of aromatic hydroxyl groups is 1. The largest absolute Gasteiger partial charge is 0.506 e. The smallest absolute Gasteiger partial charge is 0.261 e. The molecule has 1 aromatic heterocycles. The number of phenolic OH excluding ortho intramolecular Hbond substituents is 1. The van der Waals surface area contributed by atoms with Crippen molar-refractivity contribution in [3.63, 3.8) is 0 Å². The van der Waals surface area contributed by atoms with Crippen molar-refractivity contribution in [3.05, 3.63) is 60.2 Å². The Morgan fingerprint density at radius 2 is 1.96 bits per heavy atom. The molecule has 0 unspecified atom stereocenters. The molecule has 0 radical (unpaired) electrons. The number of carbonyl (C=O) groups excluding carboxylic acids is 1. The van der Waals surface area contributed by atoms with E-state index in [1.807, 2.05) is 42.5 Å². The number of amides is 1. The van der Waals surface area contributed by atoms with E-state index in [0.29, 0.717) is 21.8 Å². The van der Waals surface area contributed by atoms with E-state index in [1.54, 1.807) is 19.2 Å². The fourth-order valence-electron chi connectivity index (χ4n) is 2.74. The SMILES string of the molecule is COc1cccc2sc(NC(=O)c3ccc4ccccc4c3O)nc12. The topological polar surface area (TPSA) is 71.5 Å². The van der Waals surface area contributed by atoms with Gasteiger partial charge in [0.25, 0.3) is 5.91 Å². The molecule has 0 aliphatic carbocycles. The molecule has 0 saturated carbocycles. The zero-order valence-electron chi connectivity index (χ0n) is 13.3. The standard InChI is InChI=1S/C19H14N2O3S/c1-24-14-7-4-8-15-16(14)20-19(25-15)21-18(23)13-10-9-11-5-2-3-6-12(11)17(13)22/h2-10,22H,1H3,(H,20,21,23). The Morgan fingerprint density at radius 3 is 2.80 bits per heavy atom. The Kier molecular flexibility index (Phi) is 3.74. The van der Waals surface area contributed by atoms with Crippen molar-refractivity contribution in [2.45, 2.75) is 0 Å². The van der Waals surface area contributed by atoms with E-state index in [4.69, 9.17) is 4.74 Å². The number of anilines is 1. The van der Waals surface area contributed by atoms with Crippen LogP contribution < -0.4 is 10.1 Å². The van der Waals surface area contributed by atoms with Gasteiger partial charge >= 0.3 is 0 Å². The average Bonchev–Trinajstić information content (AvgIpc) is 3.04. The number of aromatic nitrogens is 1. The monoisotopic (exact) mass is 350 g/mol. The molecule has 5 nitrogen and oxygen atoms in total. The van der Waals surface area contributed by atoms with E-state index in [1.165, 1.54) is 11.3 Å². The number of nitrogens with one attached hydrogen (secondary N) is 1. The lowest BCUT2D eigenvalue weighted by Crippen LogP contribution is -2.11. The van der Waals surface area contributed by atoms with Crippen LogP contribution in [-0.4, -0.2) is 23.1 Å². The van der Waals surface area contributed by atoms with Crippen LogP contribution >= 0.6 is 11.3 Å². The third kappa shape index (κ3) is 2.66. The molecular weight excluding hydrogens is 336 g/mol. The minimum atomic E-state index is -0.402. The first-order chi connectivity index (χ1) is 12.2. The van der Waals surface area contributed by atoms with Gasteiger partial charge in [-0.3, -0.25) is 10.1 Å². The summed E-state index contributed by atoms with van der Waals surface area (Å²) in [6.45, 7) is 0. The van der Waals surface area contributed by atoms with E-state index >= 15 is 0 Å². The number of hydrogen-bond acceptors (Lipinski definition) is 5. The summed E-state index contributed by atoms with van der Waals surface area (Å²) < 4.78 is 6.20. The number of rotatable bonds is 3. The Bertz CT molecular complexity index is 1100. The normalized spacial score (nSPS) is 10.9. The predicted molar refractivity (Wildman–Crippen MR) is 99.7 cm³/mol. The molecule has 4 aromatic rings. The molecule has 25 heavy (non-hydrogen) atoms. The first-order valence-electron chi connectivity index (χ1n) is 7.63. The predicted octanol–water partition coefficient (Wildman–Crippen LogP) is 4.42. The van der Waals surface area contributed by atoms with E-state index < -0.39 is 5.91 Å². The quantitative estimate of drug-likeness (QED) is 0.574. The highest BCUT2D eigenvalue weighted by Gasteiger charge is 2.16. The zero-order valence-corrected chi connectivity index (χ0v) is 14.1. The van der Waals surface area contributed by atoms with Gasteiger partial charge in [-0.05, 0) is 23.6 Å². The van der Waals surface area contributed by atoms with Gasteiger partial charge in [0.2, 0.25) is 0 Å². The molecule has 0 aliphatic rings. The lowest BCUT2D eigenvalue weighted by atomic mass is 10.1. The van der Waals surface area contributed by atoms with Crippen LogP contribution in [-0.2, 0) is 0 Å². The van der Waals surface area contributed by atoms with Gasteiger partial charge in [-0.15, -0.1) is 0 Å². The lowest BCUT2D eigenvalue weighted by molar-refractivity contribution is 0.102. The highest BCUT2D eigenvalue weighted by atomic mass is 32.1. The molecular formula is C19H14N2O3S. The number of benzene rings is 3. The number of phenols is 1. The van der Waals surface area contributed by atoms with Crippen molar-refractivity contribution in [2.75, 3.05) is 12.4 Å². The van der Waals surface area contributed by atoms with Crippen molar-refractivity contribution < 1.29 is 14.6 Å². The second-order valence-electron chi connectivity index (χ2n) is 5.46. The number of thiazole rings is 1. The molecule has 1 amide bonds. The molecule has 0 spiro atoms. The first kappa shape index (κ1) is 15.4. The summed E-state index contributed by atoms with van der Waals surface area (Å²) in [7, 11) is 1.58. The Balaban J connectivity index is 1.69. The minimum absolute atomic E-state index is 0.0331. The van der Waals surface area contributed by atoms with Crippen LogP contribution in [0.4, 0.5) is 5.13 Å². The van der Waals surface area contributed by atoms with E-state index in [0.717, 1.165) is 10.1 Å². The van der Waals surface area contributed by atoms with Crippen molar-refractivity contribution in [1.82, 2.24) is 4.98 Å². The third-order valence-electron chi connectivity index (χ3n) is 3.97. The summed E-state index contributed by atoms with van der Waals surface area (Å²) in [5.41, 5.74) is 0.915. The van der Waals surface area contributed by atoms with Gasteiger partial charge in [0.1, 0.15) is 17.0 Å². The summed E-state index contributed by atoms with van der Waals surface area (Å²) in [5, 5.41) is 15.2. The fraction of sp³-hybridized carbons (Fsp3) is 0.0526. The summed E-state index contributed by atoms with van der Waals surface area (Å²) in [6, 6.07) is 16.4. The molecule has 0 fully saturated rings. The number of methoxy groups -OCH3 is 1. The number of fused-ring (bicyclic) bond motifs is 2. The third-order valence-corrected chi connectivity index (χ3v) is 4.90. The Labute approximate surface area is 147 Å². The van der Waals surface area contributed by atoms with Crippen molar-refractivity contribution in [3.8, 4) is 11.5 Å². The van der Waals surface area contributed by atoms with Gasteiger partial charge in [0, 0.05) is 5.39 Å². The number of carbonyl (C=O) groups is 1. The Morgan fingerprint density at radius 1 is 1.12 bits per heavy atom. The summed E-state index contributed by atoms with van der Waals surface area (Å²) >= 11 is 1.35. The summed E-state index contributed by atoms with van der Waals surface area (Å²) in [5.74, 6) is 0.221. The number of para-hydroxylation sites is 1. The van der Waals surface area contributed by atoms with Crippen LogP contribution in [0.1, 0.15) is 10.4 Å². The molecule has 124 valence electrons. The summed E-state index contributed by atoms with van der Waals surface area (Å²) in [4.78, 5) is 17.0. The minimum Gasteiger partial charge on any atom is -0.506 e. The van der Waals surface area contributed by atoms with Crippen LogP contribution in [0, 0.1) is 0 Å². The van der Waals surface area contributed by atoms with Crippen LogP contribution in [0.25, 0.3) is 21.0 Å². The molecule has 3 aromatic carbocycles. The van der Waals surface area contributed by atoms with E-state index in [-0.39, 0.29) is 11.3 Å². The van der Waals surface area contributed by atoms with Gasteiger partial charge in [-0.2, -0.15) is 0 Å². The van der Waals surface area contributed by atoms with Gasteiger partial charge in [0.05, 0.1) is 17.4 Å². The van der Waals surface area contributed by atoms with Crippen LogP contribution in [0.5, 0.6) is 11.5 Å².